The minimum atomic E-state index is -1.20. The lowest BCUT2D eigenvalue weighted by Gasteiger charge is -2.60. The minimum Gasteiger partial charge on any atom is -0.462 e. The van der Waals surface area contributed by atoms with Crippen molar-refractivity contribution in [1.82, 2.24) is 0 Å². The normalized spacial score (nSPS) is 57.7. The first-order valence-electron chi connectivity index (χ1n) is 11.6. The predicted molar refractivity (Wildman–Crippen MR) is 107 cm³/mol. The molecule has 4 saturated carbocycles. The number of aliphatic hydroxyl groups is 1. The quantitative estimate of drug-likeness (QED) is 0.561. The number of carbonyl (C=O) groups is 2. The molecule has 5 fully saturated rings. The van der Waals surface area contributed by atoms with E-state index in [1.807, 2.05) is 0 Å². The summed E-state index contributed by atoms with van der Waals surface area (Å²) in [5, 5.41) is 11.5. The molecule has 1 aliphatic heterocycles. The molecule has 4 aliphatic carbocycles. The molecule has 0 aromatic carbocycles. The maximum Gasteiger partial charge on any atom is 0.302 e. The van der Waals surface area contributed by atoms with Gasteiger partial charge in [0.2, 0.25) is 0 Å². The summed E-state index contributed by atoms with van der Waals surface area (Å²) in [4.78, 5) is 24.1. The van der Waals surface area contributed by atoms with Crippen molar-refractivity contribution in [2.75, 3.05) is 0 Å². The highest BCUT2D eigenvalue weighted by Crippen LogP contribution is 2.75. The van der Waals surface area contributed by atoms with E-state index in [0.29, 0.717) is 17.8 Å². The van der Waals surface area contributed by atoms with E-state index in [0.717, 1.165) is 44.9 Å². The Kier molecular flexibility index (Phi) is 4.03. The molecular formula is C24H36O5. The van der Waals surface area contributed by atoms with E-state index in [9.17, 15) is 14.7 Å². The lowest BCUT2D eigenvalue weighted by molar-refractivity contribution is -0.174. The SMILES string of the molecule is CC(=O)OC1CCC2(C)C3CCC4(C)C(C[C@@H](C)[C@]4(O)C(C)=O)C3C[C@@H]3O[C@@]32C1. The van der Waals surface area contributed by atoms with E-state index in [1.54, 1.807) is 6.92 Å². The van der Waals surface area contributed by atoms with Gasteiger partial charge in [-0.1, -0.05) is 20.8 Å². The fourth-order valence-corrected chi connectivity index (χ4v) is 9.07. The molecule has 0 aromatic heterocycles. The molecule has 5 nitrogen and oxygen atoms in total. The van der Waals surface area contributed by atoms with Gasteiger partial charge in [0.25, 0.3) is 0 Å². The van der Waals surface area contributed by atoms with Gasteiger partial charge in [0.1, 0.15) is 17.3 Å². The zero-order valence-electron chi connectivity index (χ0n) is 18.5. The minimum absolute atomic E-state index is 0.00747. The summed E-state index contributed by atoms with van der Waals surface area (Å²) in [7, 11) is 0. The van der Waals surface area contributed by atoms with Gasteiger partial charge in [-0.05, 0) is 69.1 Å². The molecule has 0 amide bonds. The second kappa shape index (κ2) is 5.85. The zero-order chi connectivity index (χ0) is 21.0. The van der Waals surface area contributed by atoms with Crippen molar-refractivity contribution in [1.29, 1.82) is 0 Å². The van der Waals surface area contributed by atoms with E-state index in [-0.39, 0.29) is 46.3 Å². The Labute approximate surface area is 173 Å². The molecule has 1 spiro atoms. The van der Waals surface area contributed by atoms with Crippen molar-refractivity contribution in [3.05, 3.63) is 0 Å². The number of ketones is 1. The molecule has 6 unspecified atom stereocenters. The fourth-order valence-electron chi connectivity index (χ4n) is 9.07. The fraction of sp³-hybridized carbons (Fsp3) is 0.917. The third-order valence-electron chi connectivity index (χ3n) is 10.5. The van der Waals surface area contributed by atoms with Crippen LogP contribution in [0.1, 0.15) is 79.6 Å². The van der Waals surface area contributed by atoms with Crippen LogP contribution < -0.4 is 0 Å². The number of ether oxygens (including phenoxy) is 2. The van der Waals surface area contributed by atoms with Crippen molar-refractivity contribution in [2.45, 2.75) is 103 Å². The summed E-state index contributed by atoms with van der Waals surface area (Å²) >= 11 is 0. The Bertz CT molecular complexity index is 764. The lowest BCUT2D eigenvalue weighted by atomic mass is 9.44. The summed E-state index contributed by atoms with van der Waals surface area (Å²) in [5.41, 5.74) is -1.57. The average Bonchev–Trinajstić information content (AvgIpc) is 3.29. The number of rotatable bonds is 2. The van der Waals surface area contributed by atoms with E-state index in [2.05, 4.69) is 20.8 Å². The third kappa shape index (κ3) is 2.24. The highest BCUT2D eigenvalue weighted by molar-refractivity contribution is 5.86. The Morgan fingerprint density at radius 3 is 2.38 bits per heavy atom. The van der Waals surface area contributed by atoms with Crippen LogP contribution in [-0.4, -0.2) is 40.3 Å². The van der Waals surface area contributed by atoms with Gasteiger partial charge in [-0.25, -0.2) is 0 Å². The van der Waals surface area contributed by atoms with Crippen LogP contribution in [0.4, 0.5) is 0 Å². The van der Waals surface area contributed by atoms with Crippen LogP contribution >= 0.6 is 0 Å². The van der Waals surface area contributed by atoms with Gasteiger partial charge in [0.05, 0.1) is 6.10 Å². The molecule has 5 rings (SSSR count). The molecule has 1 saturated heterocycles. The van der Waals surface area contributed by atoms with Gasteiger partial charge in [-0.15, -0.1) is 0 Å². The van der Waals surface area contributed by atoms with Crippen LogP contribution in [0.2, 0.25) is 0 Å². The number of Topliss-reactive ketones (excluding diaryl/α,β-unsaturated/α-hetero) is 1. The van der Waals surface area contributed by atoms with Crippen LogP contribution in [-0.2, 0) is 19.1 Å². The summed E-state index contributed by atoms with van der Waals surface area (Å²) < 4.78 is 12.0. The van der Waals surface area contributed by atoms with Crippen molar-refractivity contribution in [3.63, 3.8) is 0 Å². The van der Waals surface area contributed by atoms with Crippen LogP contribution in [0.25, 0.3) is 0 Å². The summed E-state index contributed by atoms with van der Waals surface area (Å²) in [6, 6.07) is 0. The molecule has 5 aliphatic rings. The van der Waals surface area contributed by atoms with Crippen LogP contribution in [0.15, 0.2) is 0 Å². The van der Waals surface area contributed by atoms with E-state index < -0.39 is 5.60 Å². The van der Waals surface area contributed by atoms with Crippen molar-refractivity contribution in [3.8, 4) is 0 Å². The van der Waals surface area contributed by atoms with Crippen molar-refractivity contribution in [2.24, 2.45) is 34.5 Å². The molecule has 29 heavy (non-hydrogen) atoms. The highest BCUT2D eigenvalue weighted by atomic mass is 16.6. The molecule has 0 bridgehead atoms. The first kappa shape index (κ1) is 20.0. The summed E-state index contributed by atoms with van der Waals surface area (Å²) in [6.45, 7) is 9.71. The van der Waals surface area contributed by atoms with E-state index in [4.69, 9.17) is 9.47 Å². The second-order valence-corrected chi connectivity index (χ2v) is 11.4. The maximum absolute atomic E-state index is 12.6. The van der Waals surface area contributed by atoms with Crippen LogP contribution in [0.5, 0.6) is 0 Å². The average molecular weight is 405 g/mol. The van der Waals surface area contributed by atoms with Crippen molar-refractivity contribution >= 4 is 11.8 Å². The monoisotopic (exact) mass is 404 g/mol. The topological polar surface area (TPSA) is 76.1 Å². The first-order chi connectivity index (χ1) is 13.5. The Hall–Kier alpha value is -0.940. The number of hydrogen-bond donors (Lipinski definition) is 1. The number of esters is 1. The standard InChI is InChI=1S/C24H36O5/c1-13-10-19-17-11-20-23(29-20)12-16(28-15(3)26)6-8-21(23,4)18(17)7-9-22(19,5)24(13,27)14(2)25/h13,16-20,27H,6-12H2,1-5H3/t13-,16?,17?,18?,19?,20+,21?,22?,23+,24+/m1/s1. The molecule has 1 heterocycles. The number of carbonyl (C=O) groups excluding carboxylic acids is 2. The lowest BCUT2D eigenvalue weighted by Crippen LogP contribution is -2.61. The molecule has 0 aromatic rings. The third-order valence-corrected chi connectivity index (χ3v) is 10.5. The Balaban J connectivity index is 1.46. The smallest absolute Gasteiger partial charge is 0.302 e. The Morgan fingerprint density at radius 2 is 1.72 bits per heavy atom. The van der Waals surface area contributed by atoms with E-state index in [1.165, 1.54) is 6.92 Å². The number of fused-ring (bicyclic) bond motifs is 4. The predicted octanol–water partition coefficient (Wildman–Crippen LogP) is 3.66. The van der Waals surface area contributed by atoms with Gasteiger partial charge < -0.3 is 14.6 Å². The second-order valence-electron chi connectivity index (χ2n) is 11.4. The zero-order valence-corrected chi connectivity index (χ0v) is 18.5. The molecule has 5 heteroatoms. The van der Waals surface area contributed by atoms with Crippen molar-refractivity contribution < 1.29 is 24.2 Å². The van der Waals surface area contributed by atoms with Crippen LogP contribution in [0, 0.1) is 34.5 Å². The molecule has 10 atom stereocenters. The summed E-state index contributed by atoms with van der Waals surface area (Å²) in [5.74, 6) is 1.18. The molecule has 0 radical (unpaired) electrons. The molecular weight excluding hydrogens is 368 g/mol. The number of epoxide rings is 1. The van der Waals surface area contributed by atoms with Gasteiger partial charge in [0, 0.05) is 24.2 Å². The molecule has 1 N–H and O–H groups in total. The largest absolute Gasteiger partial charge is 0.462 e. The molecule has 162 valence electrons. The van der Waals surface area contributed by atoms with Gasteiger partial charge >= 0.3 is 5.97 Å². The first-order valence-corrected chi connectivity index (χ1v) is 11.6. The van der Waals surface area contributed by atoms with Gasteiger partial charge in [-0.3, -0.25) is 9.59 Å². The van der Waals surface area contributed by atoms with Gasteiger partial charge in [0.15, 0.2) is 5.78 Å². The number of hydrogen-bond acceptors (Lipinski definition) is 5. The summed E-state index contributed by atoms with van der Waals surface area (Å²) in [6.07, 6.45) is 6.88. The van der Waals surface area contributed by atoms with E-state index >= 15 is 0 Å². The van der Waals surface area contributed by atoms with Crippen LogP contribution in [0.3, 0.4) is 0 Å². The highest BCUT2D eigenvalue weighted by Gasteiger charge is 2.78. The Morgan fingerprint density at radius 1 is 1.03 bits per heavy atom. The van der Waals surface area contributed by atoms with Gasteiger partial charge in [-0.2, -0.15) is 0 Å². The maximum atomic E-state index is 12.6.